The number of rotatable bonds is 35. The standard InChI is InChI=1S/C99H118O2/c1-11-15-19-23-27-35-54-98(55-36-28-24-20-16-12-2)83-52-53-91-94(77-42-31-33-44-89(77)100-91)93(83)82-66-86-81(65-87(82)98)75-51-49-73(63-85(75)99(86,56-37-29-25-21-17-13-3)57-38-30-26-22-18-14-4)72(62-79-69(7)58-68(6)59-70(79)8)48-46-71-47-50-76-84(61-71)97(9,10)88-64-80(74-41-39-40-67(5)60-74)96-95(92(76)88)78-43-32-34-45-90(78)101-96/h31-34,39-45,47,49-53,58-61,63-66,72H,11-30,35-38,46,48,54-57,62H2,1-10H3. The fourth-order valence-corrected chi connectivity index (χ4v) is 20.0. The van der Waals surface area contributed by atoms with Gasteiger partial charge in [-0.15, -0.1) is 0 Å². The van der Waals surface area contributed by atoms with E-state index in [1.54, 1.807) is 27.8 Å². The maximum atomic E-state index is 6.93. The van der Waals surface area contributed by atoms with Crippen LogP contribution in [0.25, 0.3) is 88.4 Å². The van der Waals surface area contributed by atoms with Gasteiger partial charge in [0, 0.05) is 43.4 Å². The Kier molecular flexibility index (Phi) is 21.6. The summed E-state index contributed by atoms with van der Waals surface area (Å²) in [7, 11) is 0. The Morgan fingerprint density at radius 1 is 0.356 bits per heavy atom. The van der Waals surface area contributed by atoms with Crippen molar-refractivity contribution in [2.45, 2.75) is 290 Å². The Morgan fingerprint density at radius 2 is 0.871 bits per heavy atom. The number of hydrogen-bond acceptors (Lipinski definition) is 2. The third-order valence-electron chi connectivity index (χ3n) is 25.4. The molecule has 101 heavy (non-hydrogen) atoms. The first-order chi connectivity index (χ1) is 49.3. The van der Waals surface area contributed by atoms with Gasteiger partial charge in [0.05, 0.1) is 0 Å². The van der Waals surface area contributed by atoms with E-state index >= 15 is 0 Å². The van der Waals surface area contributed by atoms with Gasteiger partial charge in [0.2, 0.25) is 0 Å². The van der Waals surface area contributed by atoms with Crippen LogP contribution in [0.2, 0.25) is 0 Å². The highest BCUT2D eigenvalue weighted by Crippen LogP contribution is 2.63. The van der Waals surface area contributed by atoms with Crippen LogP contribution in [0.5, 0.6) is 0 Å². The molecule has 0 saturated carbocycles. The zero-order chi connectivity index (χ0) is 69.8. The number of unbranched alkanes of at least 4 members (excludes halogenated alkanes) is 20. The van der Waals surface area contributed by atoms with E-state index in [1.165, 1.54) is 290 Å². The predicted octanol–water partition coefficient (Wildman–Crippen LogP) is 30.2. The molecule has 1 atom stereocenters. The molecule has 0 spiro atoms. The van der Waals surface area contributed by atoms with E-state index in [-0.39, 0.29) is 16.2 Å². The maximum absolute atomic E-state index is 6.93. The Hall–Kier alpha value is -7.42. The molecule has 9 aromatic carbocycles. The normalized spacial score (nSPS) is 14.7. The second kappa shape index (κ2) is 30.9. The van der Waals surface area contributed by atoms with Crippen molar-refractivity contribution in [1.82, 2.24) is 0 Å². The Morgan fingerprint density at radius 3 is 1.49 bits per heavy atom. The fourth-order valence-electron chi connectivity index (χ4n) is 20.0. The molecule has 11 aromatic rings. The van der Waals surface area contributed by atoms with Crippen LogP contribution in [-0.4, -0.2) is 0 Å². The quantitative estimate of drug-likeness (QED) is 0.0370. The summed E-state index contributed by atoms with van der Waals surface area (Å²) >= 11 is 0. The molecule has 2 heteroatoms. The average molecular weight is 1340 g/mol. The molecular weight excluding hydrogens is 1220 g/mol. The summed E-state index contributed by atoms with van der Waals surface area (Å²) in [6.45, 7) is 23.7. The van der Waals surface area contributed by atoms with Crippen LogP contribution < -0.4 is 0 Å². The Bertz CT molecular complexity index is 4680. The largest absolute Gasteiger partial charge is 0.456 e. The lowest BCUT2D eigenvalue weighted by Crippen LogP contribution is -2.27. The number of aryl methyl sites for hydroxylation is 5. The summed E-state index contributed by atoms with van der Waals surface area (Å²) < 4.78 is 13.9. The highest BCUT2D eigenvalue weighted by molar-refractivity contribution is 6.19. The number of fused-ring (bicyclic) bond motifs is 17. The summed E-state index contributed by atoms with van der Waals surface area (Å²) in [6, 6.07) is 60.6. The van der Waals surface area contributed by atoms with E-state index < -0.39 is 0 Å². The van der Waals surface area contributed by atoms with E-state index in [4.69, 9.17) is 8.83 Å². The summed E-state index contributed by atoms with van der Waals surface area (Å²) in [5.41, 5.74) is 34.1. The number of hydrogen-bond donors (Lipinski definition) is 0. The topological polar surface area (TPSA) is 26.3 Å². The van der Waals surface area contributed by atoms with Crippen LogP contribution in [0, 0.1) is 27.7 Å². The van der Waals surface area contributed by atoms with Gasteiger partial charge in [-0.3, -0.25) is 0 Å². The highest BCUT2D eigenvalue weighted by atomic mass is 16.3. The SMILES string of the molecule is CCCCCCCCC1(CCCCCCCC)c2cc(C(CCc3ccc4c(c3)C(C)(C)c3cc(-c5cccc(C)c5)c5oc6ccccc6c5c3-4)Cc3c(C)cc(C)cc3C)ccc2-c2cc3c(cc21)-c1c(ccc2oc4ccccc4c12)C3(CCCCCCCC)CCCCCCCC. The molecule has 2 nitrogen and oxygen atoms in total. The van der Waals surface area contributed by atoms with Gasteiger partial charge in [-0.2, -0.15) is 0 Å². The lowest BCUT2D eigenvalue weighted by atomic mass is 9.68. The van der Waals surface area contributed by atoms with Crippen molar-refractivity contribution >= 4 is 43.9 Å². The van der Waals surface area contributed by atoms with Crippen molar-refractivity contribution in [3.63, 3.8) is 0 Å². The van der Waals surface area contributed by atoms with E-state index in [1.807, 2.05) is 0 Å². The second-order valence-corrected chi connectivity index (χ2v) is 32.8. The minimum absolute atomic E-state index is 0.0692. The summed E-state index contributed by atoms with van der Waals surface area (Å²) in [5, 5.41) is 5.07. The first-order valence-electron chi connectivity index (χ1n) is 40.9. The van der Waals surface area contributed by atoms with Crippen LogP contribution in [-0.2, 0) is 29.1 Å². The zero-order valence-corrected chi connectivity index (χ0v) is 63.7. The molecule has 2 aromatic heterocycles. The molecule has 526 valence electrons. The Balaban J connectivity index is 0.913. The molecular formula is C99H118O2. The van der Waals surface area contributed by atoms with Crippen LogP contribution in [0.15, 0.2) is 160 Å². The molecule has 0 fully saturated rings. The third kappa shape index (κ3) is 13.6. The van der Waals surface area contributed by atoms with Gasteiger partial charge < -0.3 is 8.83 Å². The predicted molar refractivity (Wildman–Crippen MR) is 435 cm³/mol. The van der Waals surface area contributed by atoms with Gasteiger partial charge in [-0.05, 0) is 215 Å². The van der Waals surface area contributed by atoms with E-state index in [0.29, 0.717) is 5.92 Å². The Labute approximate surface area is 607 Å². The van der Waals surface area contributed by atoms with Crippen LogP contribution in [0.1, 0.15) is 306 Å². The molecule has 3 aliphatic carbocycles. The lowest BCUT2D eigenvalue weighted by Gasteiger charge is -2.35. The number of benzene rings is 9. The second-order valence-electron chi connectivity index (χ2n) is 32.8. The summed E-state index contributed by atoms with van der Waals surface area (Å²) in [5.74, 6) is 0.319. The lowest BCUT2D eigenvalue weighted by molar-refractivity contribution is 0.394. The van der Waals surface area contributed by atoms with Crippen molar-refractivity contribution in [2.75, 3.05) is 0 Å². The molecule has 1 unspecified atom stereocenters. The minimum atomic E-state index is -0.214. The molecule has 0 aliphatic heterocycles. The average Bonchev–Trinajstić information content (AvgIpc) is 1.53. The molecule has 3 aliphatic rings. The molecule has 0 bridgehead atoms. The molecule has 14 rings (SSSR count). The van der Waals surface area contributed by atoms with Gasteiger partial charge in [-0.1, -0.05) is 322 Å². The van der Waals surface area contributed by atoms with Gasteiger partial charge in [0.25, 0.3) is 0 Å². The van der Waals surface area contributed by atoms with Crippen LogP contribution in [0.4, 0.5) is 0 Å². The van der Waals surface area contributed by atoms with E-state index in [9.17, 15) is 0 Å². The number of furan rings is 2. The van der Waals surface area contributed by atoms with Crippen molar-refractivity contribution < 1.29 is 8.83 Å². The van der Waals surface area contributed by atoms with Crippen molar-refractivity contribution in [3.05, 3.63) is 224 Å². The molecule has 0 saturated heterocycles. The van der Waals surface area contributed by atoms with Crippen LogP contribution in [0.3, 0.4) is 0 Å². The first-order valence-corrected chi connectivity index (χ1v) is 40.9. The molecule has 2 heterocycles. The van der Waals surface area contributed by atoms with Crippen molar-refractivity contribution in [1.29, 1.82) is 0 Å². The fraction of sp³-hybridized carbons (Fsp3) is 0.455. The zero-order valence-electron chi connectivity index (χ0n) is 63.7. The maximum Gasteiger partial charge on any atom is 0.143 e. The minimum Gasteiger partial charge on any atom is -0.456 e. The summed E-state index contributed by atoms with van der Waals surface area (Å²) in [4.78, 5) is 0. The molecule has 0 radical (unpaired) electrons. The monoisotopic (exact) mass is 1340 g/mol. The highest BCUT2D eigenvalue weighted by Gasteiger charge is 2.49. The van der Waals surface area contributed by atoms with E-state index in [0.717, 1.165) is 41.6 Å². The smallest absolute Gasteiger partial charge is 0.143 e. The molecule has 0 N–H and O–H groups in total. The van der Waals surface area contributed by atoms with Gasteiger partial charge in [0.1, 0.15) is 22.3 Å². The third-order valence-corrected chi connectivity index (χ3v) is 25.4. The summed E-state index contributed by atoms with van der Waals surface area (Å²) in [6.07, 6.45) is 39.3. The molecule has 0 amide bonds. The van der Waals surface area contributed by atoms with Crippen LogP contribution >= 0.6 is 0 Å². The van der Waals surface area contributed by atoms with Crippen molar-refractivity contribution in [3.8, 4) is 44.5 Å². The number of para-hydroxylation sites is 2. The first kappa shape index (κ1) is 70.6. The van der Waals surface area contributed by atoms with Gasteiger partial charge in [0.15, 0.2) is 0 Å². The van der Waals surface area contributed by atoms with E-state index in [2.05, 4.69) is 221 Å². The van der Waals surface area contributed by atoms with Gasteiger partial charge in [-0.25, -0.2) is 0 Å². The van der Waals surface area contributed by atoms with Gasteiger partial charge >= 0.3 is 0 Å². The van der Waals surface area contributed by atoms with Crippen molar-refractivity contribution in [2.24, 2.45) is 0 Å².